The summed E-state index contributed by atoms with van der Waals surface area (Å²) in [6, 6.07) is 0. The van der Waals surface area contributed by atoms with E-state index in [4.69, 9.17) is 0 Å². The van der Waals surface area contributed by atoms with Gasteiger partial charge in [0.15, 0.2) is 0 Å². The fraction of sp³-hybridized carbons (Fsp3) is 0.375. The molecule has 0 amide bonds. The Morgan fingerprint density at radius 2 is 2.33 bits per heavy atom. The lowest BCUT2D eigenvalue weighted by atomic mass is 10.3. The highest BCUT2D eigenvalue weighted by molar-refractivity contribution is 5.64. The smallest absolute Gasteiger partial charge is 0.142 e. The minimum Gasteiger partial charge on any atom is -0.299 e. The zero-order valence-corrected chi connectivity index (χ0v) is 5.55. The molecule has 0 saturated heterocycles. The van der Waals surface area contributed by atoms with Crippen LogP contribution in [0.3, 0.4) is 0 Å². The van der Waals surface area contributed by atoms with Crippen LogP contribution in [0.15, 0.2) is 12.2 Å². The molecule has 0 unspecified atom stereocenters. The molecular weight excluding hydrogens is 112 g/mol. The first kappa shape index (κ1) is 7.97. The van der Waals surface area contributed by atoms with Crippen LogP contribution >= 0.6 is 0 Å². The van der Waals surface area contributed by atoms with Gasteiger partial charge in [0.05, 0.1) is 0 Å². The predicted molar refractivity (Wildman–Crippen MR) is 37.9 cm³/mol. The molecule has 0 aromatic heterocycles. The van der Waals surface area contributed by atoms with Gasteiger partial charge in [-0.2, -0.15) is 0 Å². The number of carbonyl (C=O) groups is 1. The zero-order chi connectivity index (χ0) is 6.95. The van der Waals surface area contributed by atoms with Crippen LogP contribution in [-0.2, 0) is 4.79 Å². The lowest BCUT2D eigenvalue weighted by Crippen LogP contribution is -1.65. The average molecular weight is 122 g/mol. The molecule has 0 spiro atoms. The number of allylic oxidation sites excluding steroid dienone is 2. The van der Waals surface area contributed by atoms with Crippen LogP contribution in [0.2, 0.25) is 0 Å². The number of aldehydes is 1. The van der Waals surface area contributed by atoms with Gasteiger partial charge in [-0.1, -0.05) is 6.08 Å². The summed E-state index contributed by atoms with van der Waals surface area (Å²) in [7, 11) is 0. The van der Waals surface area contributed by atoms with E-state index in [-0.39, 0.29) is 0 Å². The molecule has 0 heterocycles. The van der Waals surface area contributed by atoms with Crippen molar-refractivity contribution >= 4 is 6.29 Å². The molecule has 0 bridgehead atoms. The molecule has 0 aliphatic rings. The summed E-state index contributed by atoms with van der Waals surface area (Å²) in [6.45, 7) is 1.81. The Hall–Kier alpha value is -1.03. The van der Waals surface area contributed by atoms with Crippen molar-refractivity contribution in [3.63, 3.8) is 0 Å². The van der Waals surface area contributed by atoms with Gasteiger partial charge in [-0.25, -0.2) is 0 Å². The second-order valence-electron chi connectivity index (χ2n) is 1.53. The minimum atomic E-state index is 0.777. The van der Waals surface area contributed by atoms with Gasteiger partial charge < -0.3 is 0 Å². The van der Waals surface area contributed by atoms with E-state index < -0.39 is 0 Å². The molecule has 0 radical (unpaired) electrons. The molecule has 0 aromatic carbocycles. The fourth-order valence-electron chi connectivity index (χ4n) is 0.432. The third kappa shape index (κ3) is 6.97. The molecule has 9 heavy (non-hydrogen) atoms. The van der Waals surface area contributed by atoms with Crippen LogP contribution in [0.25, 0.3) is 0 Å². The Balaban J connectivity index is 3.15. The van der Waals surface area contributed by atoms with E-state index >= 15 is 0 Å². The molecule has 0 aromatic rings. The van der Waals surface area contributed by atoms with E-state index in [0.29, 0.717) is 0 Å². The first-order valence-corrected chi connectivity index (χ1v) is 2.91. The van der Waals surface area contributed by atoms with Crippen LogP contribution in [0.5, 0.6) is 0 Å². The molecule has 0 aliphatic heterocycles. The van der Waals surface area contributed by atoms with Crippen LogP contribution in [0.4, 0.5) is 0 Å². The highest BCUT2D eigenvalue weighted by Crippen LogP contribution is 1.86. The van der Waals surface area contributed by atoms with E-state index in [0.717, 1.165) is 19.1 Å². The molecule has 0 aliphatic carbocycles. The summed E-state index contributed by atoms with van der Waals surface area (Å²) < 4.78 is 0. The number of hydrogen-bond donors (Lipinski definition) is 0. The molecule has 48 valence electrons. The van der Waals surface area contributed by atoms with Crippen molar-refractivity contribution in [2.75, 3.05) is 0 Å². The lowest BCUT2D eigenvalue weighted by Gasteiger charge is -1.77. The van der Waals surface area contributed by atoms with E-state index in [9.17, 15) is 4.79 Å². The van der Waals surface area contributed by atoms with Crippen molar-refractivity contribution in [3.05, 3.63) is 12.2 Å². The molecule has 1 nitrogen and oxygen atoms in total. The third-order valence-corrected chi connectivity index (χ3v) is 0.827. The standard InChI is InChI=1S/C8H10O/c1-2-3-4-5-6-7-8-9/h6-8H,4-5H2,1H3. The molecule has 0 rings (SSSR count). The van der Waals surface area contributed by atoms with Gasteiger partial charge in [0.2, 0.25) is 0 Å². The van der Waals surface area contributed by atoms with Gasteiger partial charge in [-0.05, 0) is 19.4 Å². The van der Waals surface area contributed by atoms with E-state index in [1.54, 1.807) is 0 Å². The molecular formula is C8H10O. The van der Waals surface area contributed by atoms with Gasteiger partial charge in [-0.3, -0.25) is 4.79 Å². The summed E-state index contributed by atoms with van der Waals surface area (Å²) in [6.07, 6.45) is 5.81. The van der Waals surface area contributed by atoms with Gasteiger partial charge in [-0.15, -0.1) is 11.8 Å². The van der Waals surface area contributed by atoms with Crippen molar-refractivity contribution < 1.29 is 4.79 Å². The second-order valence-corrected chi connectivity index (χ2v) is 1.53. The highest BCUT2D eigenvalue weighted by Gasteiger charge is 1.71. The molecule has 1 heteroatoms. The monoisotopic (exact) mass is 122 g/mol. The summed E-state index contributed by atoms with van der Waals surface area (Å²) in [4.78, 5) is 9.71. The van der Waals surface area contributed by atoms with Crippen molar-refractivity contribution in [1.29, 1.82) is 0 Å². The zero-order valence-electron chi connectivity index (χ0n) is 5.55. The average Bonchev–Trinajstić information content (AvgIpc) is 1.89. The predicted octanol–water partition coefficient (Wildman–Crippen LogP) is 1.54. The molecule has 0 N–H and O–H groups in total. The normalized spacial score (nSPS) is 8.56. The Bertz CT molecular complexity index is 146. The molecule has 0 saturated carbocycles. The Labute approximate surface area is 55.8 Å². The molecule has 0 atom stereocenters. The van der Waals surface area contributed by atoms with E-state index in [1.807, 2.05) is 13.0 Å². The van der Waals surface area contributed by atoms with E-state index in [2.05, 4.69) is 11.8 Å². The Morgan fingerprint density at radius 3 is 2.89 bits per heavy atom. The van der Waals surface area contributed by atoms with Crippen molar-refractivity contribution in [1.82, 2.24) is 0 Å². The quantitative estimate of drug-likeness (QED) is 0.240. The summed E-state index contributed by atoms with van der Waals surface area (Å²) in [5.41, 5.74) is 0. The largest absolute Gasteiger partial charge is 0.299 e. The maximum atomic E-state index is 9.71. The maximum absolute atomic E-state index is 9.71. The van der Waals surface area contributed by atoms with Gasteiger partial charge in [0.25, 0.3) is 0 Å². The van der Waals surface area contributed by atoms with E-state index in [1.165, 1.54) is 6.08 Å². The summed E-state index contributed by atoms with van der Waals surface area (Å²) >= 11 is 0. The first-order valence-electron chi connectivity index (χ1n) is 2.91. The molecule has 0 fully saturated rings. The highest BCUT2D eigenvalue weighted by atomic mass is 16.1. The number of carbonyl (C=O) groups excluding carboxylic acids is 1. The van der Waals surface area contributed by atoms with Crippen LogP contribution < -0.4 is 0 Å². The van der Waals surface area contributed by atoms with Crippen molar-refractivity contribution in [2.45, 2.75) is 19.8 Å². The minimum absolute atomic E-state index is 0.777. The van der Waals surface area contributed by atoms with Crippen molar-refractivity contribution in [2.24, 2.45) is 0 Å². The van der Waals surface area contributed by atoms with Gasteiger partial charge >= 0.3 is 0 Å². The summed E-state index contributed by atoms with van der Waals surface area (Å²) in [5, 5.41) is 0. The topological polar surface area (TPSA) is 17.1 Å². The Morgan fingerprint density at radius 1 is 1.56 bits per heavy atom. The van der Waals surface area contributed by atoms with Crippen molar-refractivity contribution in [3.8, 4) is 11.8 Å². The first-order chi connectivity index (χ1) is 4.41. The second kappa shape index (κ2) is 6.97. The van der Waals surface area contributed by atoms with Crippen LogP contribution in [0, 0.1) is 11.8 Å². The Kier molecular flexibility index (Phi) is 6.17. The fourth-order valence-corrected chi connectivity index (χ4v) is 0.432. The van der Waals surface area contributed by atoms with Crippen LogP contribution in [0.1, 0.15) is 19.8 Å². The third-order valence-electron chi connectivity index (χ3n) is 0.827. The lowest BCUT2D eigenvalue weighted by molar-refractivity contribution is -0.104. The number of hydrogen-bond acceptors (Lipinski definition) is 1. The van der Waals surface area contributed by atoms with Crippen LogP contribution in [-0.4, -0.2) is 6.29 Å². The van der Waals surface area contributed by atoms with Gasteiger partial charge in [0, 0.05) is 6.42 Å². The number of rotatable bonds is 3. The van der Waals surface area contributed by atoms with Gasteiger partial charge in [0.1, 0.15) is 6.29 Å². The number of unbranched alkanes of at least 4 members (excludes halogenated alkanes) is 1. The SMILES string of the molecule is CC#CCCC=CC=O. The summed E-state index contributed by atoms with van der Waals surface area (Å²) in [5.74, 6) is 5.66. The maximum Gasteiger partial charge on any atom is 0.142 e.